The van der Waals surface area contributed by atoms with E-state index in [-0.39, 0.29) is 24.0 Å². The van der Waals surface area contributed by atoms with Crippen molar-refractivity contribution in [3.05, 3.63) is 29.8 Å². The molecule has 1 fully saturated rings. The van der Waals surface area contributed by atoms with E-state index in [0.29, 0.717) is 0 Å². The molecule has 0 bridgehead atoms. The van der Waals surface area contributed by atoms with Gasteiger partial charge >= 0.3 is 0 Å². The third-order valence-corrected chi connectivity index (χ3v) is 4.23. The van der Waals surface area contributed by atoms with E-state index in [1.165, 1.54) is 11.3 Å². The number of benzene rings is 1. The Morgan fingerprint density at radius 1 is 1.19 bits per heavy atom. The summed E-state index contributed by atoms with van der Waals surface area (Å²) in [6.45, 7) is 8.80. The van der Waals surface area contributed by atoms with Gasteiger partial charge in [0.2, 0.25) is 0 Å². The normalized spacial score (nSPS) is 14.7. The highest BCUT2D eigenvalue weighted by atomic mass is 127. The zero-order chi connectivity index (χ0) is 17.7. The van der Waals surface area contributed by atoms with E-state index in [1.807, 2.05) is 14.0 Å². The maximum Gasteiger partial charge on any atom is 0.191 e. The van der Waals surface area contributed by atoms with Crippen molar-refractivity contribution in [1.82, 2.24) is 10.6 Å². The number of halogens is 1. The Kier molecular flexibility index (Phi) is 12.4. The number of guanidine groups is 1. The summed E-state index contributed by atoms with van der Waals surface area (Å²) in [4.78, 5) is 6.70. The Bertz CT molecular complexity index is 522. The molecule has 0 unspecified atom stereocenters. The smallest absolute Gasteiger partial charge is 0.191 e. The number of para-hydroxylation sites is 1. The highest BCUT2D eigenvalue weighted by molar-refractivity contribution is 14.0. The van der Waals surface area contributed by atoms with E-state index in [0.717, 1.165) is 71.4 Å². The Morgan fingerprint density at radius 2 is 1.96 bits per heavy atom. The first-order chi connectivity index (χ1) is 12.3. The topological polar surface area (TPSA) is 58.1 Å². The number of morpholine rings is 1. The van der Waals surface area contributed by atoms with E-state index in [9.17, 15) is 0 Å². The molecular formula is C19H33IN4O2. The molecule has 1 aliphatic heterocycles. The number of hydrogen-bond acceptors (Lipinski definition) is 4. The third-order valence-electron chi connectivity index (χ3n) is 4.23. The molecule has 1 heterocycles. The van der Waals surface area contributed by atoms with Gasteiger partial charge in [-0.3, -0.25) is 4.99 Å². The van der Waals surface area contributed by atoms with Crippen LogP contribution in [0.4, 0.5) is 5.69 Å². The Labute approximate surface area is 174 Å². The number of rotatable bonds is 9. The van der Waals surface area contributed by atoms with Gasteiger partial charge in [-0.25, -0.2) is 0 Å². The van der Waals surface area contributed by atoms with Crippen LogP contribution in [0.15, 0.2) is 29.3 Å². The summed E-state index contributed by atoms with van der Waals surface area (Å²) in [5, 5.41) is 6.78. The van der Waals surface area contributed by atoms with Crippen molar-refractivity contribution in [2.24, 2.45) is 4.99 Å². The molecular weight excluding hydrogens is 443 g/mol. The van der Waals surface area contributed by atoms with Crippen LogP contribution < -0.4 is 15.5 Å². The largest absolute Gasteiger partial charge is 0.382 e. The van der Waals surface area contributed by atoms with Gasteiger partial charge in [-0.2, -0.15) is 0 Å². The molecule has 7 heteroatoms. The molecule has 1 aromatic carbocycles. The van der Waals surface area contributed by atoms with Crippen LogP contribution in [0, 0.1) is 0 Å². The average molecular weight is 476 g/mol. The molecule has 0 atom stereocenters. The number of unbranched alkanes of at least 4 members (excludes halogenated alkanes) is 1. The van der Waals surface area contributed by atoms with Crippen LogP contribution in [-0.4, -0.2) is 59.1 Å². The molecule has 6 nitrogen and oxygen atoms in total. The van der Waals surface area contributed by atoms with Crippen LogP contribution >= 0.6 is 24.0 Å². The summed E-state index contributed by atoms with van der Waals surface area (Å²) in [5.41, 5.74) is 2.56. The van der Waals surface area contributed by atoms with Crippen LogP contribution in [0.25, 0.3) is 0 Å². The molecule has 2 rings (SSSR count). The Hall–Kier alpha value is -1.06. The predicted octanol–water partition coefficient (Wildman–Crippen LogP) is 2.62. The van der Waals surface area contributed by atoms with Crippen molar-refractivity contribution in [3.8, 4) is 0 Å². The van der Waals surface area contributed by atoms with Crippen LogP contribution in [0.3, 0.4) is 0 Å². The first-order valence-electron chi connectivity index (χ1n) is 9.28. The highest BCUT2D eigenvalue weighted by Crippen LogP contribution is 2.21. The van der Waals surface area contributed by atoms with E-state index in [2.05, 4.69) is 44.8 Å². The fourth-order valence-electron chi connectivity index (χ4n) is 2.85. The lowest BCUT2D eigenvalue weighted by atomic mass is 10.1. The van der Waals surface area contributed by atoms with E-state index >= 15 is 0 Å². The van der Waals surface area contributed by atoms with Crippen molar-refractivity contribution in [2.45, 2.75) is 26.3 Å². The lowest BCUT2D eigenvalue weighted by Gasteiger charge is -2.30. The molecule has 148 valence electrons. The quantitative estimate of drug-likeness (QED) is 0.249. The lowest BCUT2D eigenvalue weighted by Crippen LogP contribution is -2.39. The molecule has 0 spiro atoms. The first-order valence-corrected chi connectivity index (χ1v) is 9.28. The standard InChI is InChI=1S/C19H32N4O2.HI/c1-3-24-13-7-6-10-21-19(20-2)22-16-17-8-4-5-9-18(17)23-11-14-25-15-12-23;/h4-5,8-9H,3,6-7,10-16H2,1-2H3,(H2,20,21,22);1H. The van der Waals surface area contributed by atoms with E-state index < -0.39 is 0 Å². The maximum atomic E-state index is 5.46. The van der Waals surface area contributed by atoms with E-state index in [4.69, 9.17) is 9.47 Å². The van der Waals surface area contributed by atoms with Gasteiger partial charge in [0.05, 0.1) is 13.2 Å². The van der Waals surface area contributed by atoms with Crippen LogP contribution in [0.5, 0.6) is 0 Å². The average Bonchev–Trinajstić information content (AvgIpc) is 2.68. The molecule has 1 aromatic rings. The number of ether oxygens (including phenoxy) is 2. The Morgan fingerprint density at radius 3 is 2.69 bits per heavy atom. The molecule has 0 saturated carbocycles. The number of nitrogens with zero attached hydrogens (tertiary/aromatic N) is 2. The number of hydrogen-bond donors (Lipinski definition) is 2. The molecule has 2 N–H and O–H groups in total. The van der Waals surface area contributed by atoms with Crippen LogP contribution in [0.2, 0.25) is 0 Å². The first kappa shape index (κ1) is 23.0. The molecule has 0 amide bonds. The predicted molar refractivity (Wildman–Crippen MR) is 119 cm³/mol. The minimum absolute atomic E-state index is 0. The van der Waals surface area contributed by atoms with Gasteiger partial charge in [0, 0.05) is 52.1 Å². The van der Waals surface area contributed by atoms with Gasteiger partial charge in [0.25, 0.3) is 0 Å². The highest BCUT2D eigenvalue weighted by Gasteiger charge is 2.14. The van der Waals surface area contributed by atoms with Crippen LogP contribution in [-0.2, 0) is 16.0 Å². The molecule has 0 aromatic heterocycles. The van der Waals surface area contributed by atoms with Crippen LogP contribution in [0.1, 0.15) is 25.3 Å². The van der Waals surface area contributed by atoms with Crippen molar-refractivity contribution in [2.75, 3.05) is 58.0 Å². The van der Waals surface area contributed by atoms with Gasteiger partial charge in [-0.05, 0) is 31.4 Å². The molecule has 1 aliphatic rings. The monoisotopic (exact) mass is 476 g/mol. The zero-order valence-corrected chi connectivity index (χ0v) is 18.3. The Balaban J connectivity index is 0.00000338. The van der Waals surface area contributed by atoms with Crippen molar-refractivity contribution in [3.63, 3.8) is 0 Å². The second kappa shape index (κ2) is 14.1. The molecule has 0 aliphatic carbocycles. The second-order valence-electron chi connectivity index (χ2n) is 5.98. The van der Waals surface area contributed by atoms with E-state index in [1.54, 1.807) is 0 Å². The van der Waals surface area contributed by atoms with Gasteiger partial charge in [-0.1, -0.05) is 18.2 Å². The molecule has 1 saturated heterocycles. The molecule has 0 radical (unpaired) electrons. The summed E-state index contributed by atoms with van der Waals surface area (Å²) < 4.78 is 10.8. The number of anilines is 1. The lowest BCUT2D eigenvalue weighted by molar-refractivity contribution is 0.122. The SMILES string of the molecule is CCOCCCCNC(=NC)NCc1ccccc1N1CCOCC1.I. The minimum atomic E-state index is 0. The summed E-state index contributed by atoms with van der Waals surface area (Å²) >= 11 is 0. The van der Waals surface area contributed by atoms with Crippen molar-refractivity contribution in [1.29, 1.82) is 0 Å². The fourth-order valence-corrected chi connectivity index (χ4v) is 2.85. The number of nitrogens with one attached hydrogen (secondary N) is 2. The van der Waals surface area contributed by atoms with Gasteiger partial charge < -0.3 is 25.0 Å². The summed E-state index contributed by atoms with van der Waals surface area (Å²) in [6.07, 6.45) is 2.14. The van der Waals surface area contributed by atoms with Crippen molar-refractivity contribution >= 4 is 35.6 Å². The summed E-state index contributed by atoms with van der Waals surface area (Å²) in [7, 11) is 1.81. The van der Waals surface area contributed by atoms with Crippen molar-refractivity contribution < 1.29 is 9.47 Å². The second-order valence-corrected chi connectivity index (χ2v) is 5.98. The maximum absolute atomic E-state index is 5.46. The van der Waals surface area contributed by atoms with Gasteiger partial charge in [0.1, 0.15) is 0 Å². The zero-order valence-electron chi connectivity index (χ0n) is 16.0. The molecule has 26 heavy (non-hydrogen) atoms. The third kappa shape index (κ3) is 8.09. The van der Waals surface area contributed by atoms with Gasteiger partial charge in [0.15, 0.2) is 5.96 Å². The summed E-state index contributed by atoms with van der Waals surface area (Å²) in [6, 6.07) is 8.55. The summed E-state index contributed by atoms with van der Waals surface area (Å²) in [5.74, 6) is 0.841. The number of aliphatic imine (C=N–C) groups is 1. The van der Waals surface area contributed by atoms with Gasteiger partial charge in [-0.15, -0.1) is 24.0 Å². The minimum Gasteiger partial charge on any atom is -0.382 e. The fraction of sp³-hybridized carbons (Fsp3) is 0.632.